The predicted molar refractivity (Wildman–Crippen MR) is 74.2 cm³/mol. The van der Waals surface area contributed by atoms with Gasteiger partial charge in [-0.15, -0.1) is 0 Å². The highest BCUT2D eigenvalue weighted by Crippen LogP contribution is 2.48. The van der Waals surface area contributed by atoms with E-state index in [0.29, 0.717) is 11.5 Å². The quantitative estimate of drug-likeness (QED) is 0.872. The molecule has 1 nitrogen and oxygen atoms in total. The molecule has 1 aliphatic rings. The van der Waals surface area contributed by atoms with Crippen LogP contribution in [0.5, 0.6) is 0 Å². The third-order valence-electron chi connectivity index (χ3n) is 3.94. The van der Waals surface area contributed by atoms with Crippen LogP contribution in [0.1, 0.15) is 46.1 Å². The molecular weight excluding hydrogens is 244 g/mol. The van der Waals surface area contributed by atoms with E-state index in [-0.39, 0.29) is 11.0 Å². The van der Waals surface area contributed by atoms with Gasteiger partial charge in [-0.1, -0.05) is 13.0 Å². The molecule has 1 saturated carbocycles. The molecule has 0 aromatic heterocycles. The molecule has 0 saturated heterocycles. The summed E-state index contributed by atoms with van der Waals surface area (Å²) in [5.41, 5.74) is 0.482. The minimum absolute atomic E-state index is 0.00232. The van der Waals surface area contributed by atoms with Gasteiger partial charge in [-0.25, -0.2) is 8.78 Å². The molecular formula is C16H23F2N. The van der Waals surface area contributed by atoms with Crippen molar-refractivity contribution in [2.75, 3.05) is 6.54 Å². The molecule has 106 valence electrons. The van der Waals surface area contributed by atoms with E-state index < -0.39 is 11.6 Å². The Morgan fingerprint density at radius 2 is 1.89 bits per heavy atom. The number of nitrogens with one attached hydrogen (secondary N) is 1. The van der Waals surface area contributed by atoms with E-state index in [4.69, 9.17) is 0 Å². The second kappa shape index (κ2) is 4.86. The van der Waals surface area contributed by atoms with Gasteiger partial charge in [0.25, 0.3) is 0 Å². The van der Waals surface area contributed by atoms with Gasteiger partial charge in [0.05, 0.1) is 0 Å². The van der Waals surface area contributed by atoms with Crippen LogP contribution in [-0.2, 0) is 5.41 Å². The van der Waals surface area contributed by atoms with Crippen LogP contribution in [0.4, 0.5) is 8.78 Å². The number of rotatable bonds is 3. The van der Waals surface area contributed by atoms with E-state index in [1.54, 1.807) is 6.07 Å². The normalized spacial score (nSPS) is 27.2. The fourth-order valence-electron chi connectivity index (χ4n) is 3.09. The van der Waals surface area contributed by atoms with Gasteiger partial charge in [-0.2, -0.15) is 0 Å². The molecule has 0 aliphatic heterocycles. The van der Waals surface area contributed by atoms with Crippen molar-refractivity contribution < 1.29 is 8.78 Å². The molecule has 19 heavy (non-hydrogen) atoms. The van der Waals surface area contributed by atoms with E-state index in [1.807, 2.05) is 0 Å². The molecule has 0 bridgehead atoms. The summed E-state index contributed by atoms with van der Waals surface area (Å²) in [7, 11) is 0. The minimum Gasteiger partial charge on any atom is -0.311 e. The Labute approximate surface area is 114 Å². The fourth-order valence-corrected chi connectivity index (χ4v) is 3.09. The van der Waals surface area contributed by atoms with E-state index >= 15 is 0 Å². The van der Waals surface area contributed by atoms with Gasteiger partial charge in [0.15, 0.2) is 0 Å². The zero-order valence-electron chi connectivity index (χ0n) is 12.2. The lowest BCUT2D eigenvalue weighted by atomic mass is 9.59. The minimum atomic E-state index is -0.507. The highest BCUT2D eigenvalue weighted by Gasteiger charge is 2.45. The van der Waals surface area contributed by atoms with Gasteiger partial charge in [0, 0.05) is 23.6 Å². The average Bonchev–Trinajstić information content (AvgIpc) is 2.22. The largest absolute Gasteiger partial charge is 0.311 e. The van der Waals surface area contributed by atoms with Crippen LogP contribution < -0.4 is 5.32 Å². The van der Waals surface area contributed by atoms with Crippen molar-refractivity contribution in [1.29, 1.82) is 0 Å². The smallest absolute Gasteiger partial charge is 0.129 e. The van der Waals surface area contributed by atoms with Crippen molar-refractivity contribution in [3.8, 4) is 0 Å². The van der Waals surface area contributed by atoms with Crippen molar-refractivity contribution in [3.05, 3.63) is 35.4 Å². The second-order valence-corrected chi connectivity index (χ2v) is 7.02. The van der Waals surface area contributed by atoms with Crippen LogP contribution in [0.3, 0.4) is 0 Å². The van der Waals surface area contributed by atoms with E-state index in [1.165, 1.54) is 6.07 Å². The van der Waals surface area contributed by atoms with Crippen molar-refractivity contribution in [1.82, 2.24) is 5.32 Å². The third-order valence-corrected chi connectivity index (χ3v) is 3.94. The van der Waals surface area contributed by atoms with Gasteiger partial charge in [0.1, 0.15) is 11.6 Å². The van der Waals surface area contributed by atoms with Crippen LogP contribution >= 0.6 is 0 Å². The Kier molecular flexibility index (Phi) is 3.69. The monoisotopic (exact) mass is 267 g/mol. The van der Waals surface area contributed by atoms with Gasteiger partial charge in [0.2, 0.25) is 0 Å². The van der Waals surface area contributed by atoms with Crippen LogP contribution in [0.25, 0.3) is 0 Å². The molecule has 2 rings (SSSR count). The number of halogens is 2. The lowest BCUT2D eigenvalue weighted by Crippen LogP contribution is -2.52. The van der Waals surface area contributed by atoms with Gasteiger partial charge < -0.3 is 5.32 Å². The summed E-state index contributed by atoms with van der Waals surface area (Å²) in [6, 6.07) is 3.97. The zero-order chi connectivity index (χ0) is 14.3. The number of hydrogen-bond acceptors (Lipinski definition) is 1. The Morgan fingerprint density at radius 1 is 1.26 bits per heavy atom. The molecule has 1 aromatic rings. The Hall–Kier alpha value is -0.960. The average molecular weight is 267 g/mol. The molecule has 1 fully saturated rings. The molecule has 1 N–H and O–H groups in total. The standard InChI is InChI=1S/C16H23F2N/c1-11-8-16(9-11,10-19-15(2,3)4)13-6-5-12(17)7-14(13)18/h5-7,11,19H,8-10H2,1-4H3. The molecule has 0 spiro atoms. The van der Waals surface area contributed by atoms with Gasteiger partial charge in [-0.05, 0) is 51.2 Å². The first-order valence-electron chi connectivity index (χ1n) is 6.92. The summed E-state index contributed by atoms with van der Waals surface area (Å²) < 4.78 is 27.1. The summed E-state index contributed by atoms with van der Waals surface area (Å²) >= 11 is 0. The number of hydrogen-bond donors (Lipinski definition) is 1. The Morgan fingerprint density at radius 3 is 2.37 bits per heavy atom. The lowest BCUT2D eigenvalue weighted by molar-refractivity contribution is 0.137. The van der Waals surface area contributed by atoms with Crippen molar-refractivity contribution >= 4 is 0 Å². The fraction of sp³-hybridized carbons (Fsp3) is 0.625. The maximum atomic E-state index is 14.0. The maximum absolute atomic E-state index is 14.0. The molecule has 1 aromatic carbocycles. The van der Waals surface area contributed by atoms with Crippen LogP contribution in [0.15, 0.2) is 18.2 Å². The van der Waals surface area contributed by atoms with Crippen molar-refractivity contribution in [2.24, 2.45) is 5.92 Å². The Bertz CT molecular complexity index is 456. The highest BCUT2D eigenvalue weighted by molar-refractivity contribution is 5.31. The van der Waals surface area contributed by atoms with Crippen molar-refractivity contribution in [3.63, 3.8) is 0 Å². The first-order chi connectivity index (χ1) is 8.72. The molecule has 0 amide bonds. The summed E-state index contributed by atoms with van der Waals surface area (Å²) in [4.78, 5) is 0. The molecule has 0 heterocycles. The van der Waals surface area contributed by atoms with Crippen molar-refractivity contribution in [2.45, 2.75) is 51.5 Å². The SMILES string of the molecule is CC1CC(CNC(C)(C)C)(c2ccc(F)cc2F)C1. The predicted octanol–water partition coefficient (Wildman–Crippen LogP) is 4.02. The summed E-state index contributed by atoms with van der Waals surface area (Å²) in [6.45, 7) is 9.22. The summed E-state index contributed by atoms with van der Waals surface area (Å²) in [6.07, 6.45) is 1.91. The molecule has 0 radical (unpaired) electrons. The van der Waals surface area contributed by atoms with Crippen LogP contribution in [-0.4, -0.2) is 12.1 Å². The number of benzene rings is 1. The van der Waals surface area contributed by atoms with E-state index in [0.717, 1.165) is 25.5 Å². The molecule has 0 unspecified atom stereocenters. The maximum Gasteiger partial charge on any atom is 0.129 e. The highest BCUT2D eigenvalue weighted by atomic mass is 19.1. The van der Waals surface area contributed by atoms with Gasteiger partial charge >= 0.3 is 0 Å². The van der Waals surface area contributed by atoms with E-state index in [9.17, 15) is 8.78 Å². The topological polar surface area (TPSA) is 12.0 Å². The molecule has 3 heteroatoms. The van der Waals surface area contributed by atoms with Crippen LogP contribution in [0, 0.1) is 17.6 Å². The van der Waals surface area contributed by atoms with Crippen LogP contribution in [0.2, 0.25) is 0 Å². The first-order valence-corrected chi connectivity index (χ1v) is 6.92. The zero-order valence-corrected chi connectivity index (χ0v) is 12.2. The molecule has 1 aliphatic carbocycles. The lowest BCUT2D eigenvalue weighted by Gasteiger charge is -2.48. The third kappa shape index (κ3) is 3.14. The van der Waals surface area contributed by atoms with Gasteiger partial charge in [-0.3, -0.25) is 0 Å². The summed E-state index contributed by atoms with van der Waals surface area (Å²) in [5.74, 6) is -0.318. The second-order valence-electron chi connectivity index (χ2n) is 7.02. The molecule has 0 atom stereocenters. The summed E-state index contributed by atoms with van der Waals surface area (Å²) in [5, 5.41) is 3.47. The van der Waals surface area contributed by atoms with E-state index in [2.05, 4.69) is 33.0 Å². The Balaban J connectivity index is 2.24. The first kappa shape index (κ1) is 14.4.